The van der Waals surface area contributed by atoms with Crippen LogP contribution in [-0.4, -0.2) is 69.0 Å². The Labute approximate surface area is 230 Å². The van der Waals surface area contributed by atoms with Crippen LogP contribution in [0, 0.1) is 0 Å². The summed E-state index contributed by atoms with van der Waals surface area (Å²) in [6.45, 7) is -1.13. The first kappa shape index (κ1) is 36.3. The lowest BCUT2D eigenvalue weighted by atomic mass is 9.88. The lowest BCUT2D eigenvalue weighted by Crippen LogP contribution is -2.74. The Kier molecular flexibility index (Phi) is 10.0. The summed E-state index contributed by atoms with van der Waals surface area (Å²) in [7, 11) is 0. The molecular formula is C23H18F17N3. The number of pyridine rings is 2. The van der Waals surface area contributed by atoms with E-state index in [0.29, 0.717) is 0 Å². The quantitative estimate of drug-likeness (QED) is 0.191. The zero-order chi connectivity index (χ0) is 33.3. The van der Waals surface area contributed by atoms with Gasteiger partial charge in [-0.2, -0.15) is 74.6 Å². The van der Waals surface area contributed by atoms with Gasteiger partial charge in [-0.1, -0.05) is 12.1 Å². The normalized spacial score (nSPS) is 14.8. The third-order valence-corrected chi connectivity index (χ3v) is 5.98. The molecule has 20 heteroatoms. The van der Waals surface area contributed by atoms with Crippen molar-refractivity contribution in [1.29, 1.82) is 0 Å². The van der Waals surface area contributed by atoms with Gasteiger partial charge in [0.25, 0.3) is 0 Å². The Hall–Kier alpha value is -2.93. The SMILES string of the molecule is FC(F)(F)C(F)(F)C(F)(F)C(F)(F)C(F)(F)C(F)(F)C(F)(F)C(F)(F)CCCN(Cc1ccccn1)Cc1ccccn1. The summed E-state index contributed by atoms with van der Waals surface area (Å²) < 4.78 is 229. The first-order valence-electron chi connectivity index (χ1n) is 11.5. The largest absolute Gasteiger partial charge is 0.460 e. The zero-order valence-electron chi connectivity index (χ0n) is 20.9. The molecule has 2 rings (SSSR count). The van der Waals surface area contributed by atoms with Crippen LogP contribution < -0.4 is 0 Å². The van der Waals surface area contributed by atoms with Gasteiger partial charge < -0.3 is 0 Å². The lowest BCUT2D eigenvalue weighted by Gasteiger charge is -2.42. The molecule has 0 aromatic carbocycles. The van der Waals surface area contributed by atoms with E-state index >= 15 is 0 Å². The topological polar surface area (TPSA) is 29.0 Å². The summed E-state index contributed by atoms with van der Waals surface area (Å²) in [5.41, 5.74) is 0.529. The van der Waals surface area contributed by atoms with E-state index in [1.54, 1.807) is 0 Å². The smallest absolute Gasteiger partial charge is 0.292 e. The molecule has 0 aliphatic heterocycles. The Morgan fingerprint density at radius 2 is 0.860 bits per heavy atom. The van der Waals surface area contributed by atoms with Crippen LogP contribution in [0.5, 0.6) is 0 Å². The summed E-state index contributed by atoms with van der Waals surface area (Å²) in [6, 6.07) is 8.79. The summed E-state index contributed by atoms with van der Waals surface area (Å²) in [5, 5.41) is 0. The second-order valence-corrected chi connectivity index (χ2v) is 9.10. The fraction of sp³-hybridized carbons (Fsp3) is 0.565. The predicted molar refractivity (Wildman–Crippen MR) is 113 cm³/mol. The average molecular weight is 659 g/mol. The number of alkyl halides is 17. The molecule has 2 heterocycles. The van der Waals surface area contributed by atoms with E-state index in [1.165, 1.54) is 53.7 Å². The highest BCUT2D eigenvalue weighted by atomic mass is 19.4. The maximum Gasteiger partial charge on any atom is 0.460 e. The molecule has 0 saturated carbocycles. The molecule has 2 aromatic heterocycles. The van der Waals surface area contributed by atoms with Crippen LogP contribution in [0.25, 0.3) is 0 Å². The van der Waals surface area contributed by atoms with Crippen LogP contribution in [0.1, 0.15) is 24.2 Å². The van der Waals surface area contributed by atoms with E-state index in [9.17, 15) is 74.6 Å². The molecule has 0 N–H and O–H groups in total. The van der Waals surface area contributed by atoms with Crippen molar-refractivity contribution >= 4 is 0 Å². The van der Waals surface area contributed by atoms with E-state index in [4.69, 9.17) is 0 Å². The van der Waals surface area contributed by atoms with Gasteiger partial charge in [-0.05, 0) is 37.2 Å². The van der Waals surface area contributed by atoms with Crippen molar-refractivity contribution in [2.45, 2.75) is 73.6 Å². The molecule has 3 nitrogen and oxygen atoms in total. The molecule has 0 unspecified atom stereocenters. The van der Waals surface area contributed by atoms with Gasteiger partial charge >= 0.3 is 47.6 Å². The minimum absolute atomic E-state index is 0.206. The Bertz CT molecular complexity index is 1140. The molecule has 0 aliphatic rings. The van der Waals surface area contributed by atoms with Gasteiger partial charge in [-0.15, -0.1) is 0 Å². The van der Waals surface area contributed by atoms with Crippen molar-refractivity contribution in [3.8, 4) is 0 Å². The molecular weight excluding hydrogens is 641 g/mol. The summed E-state index contributed by atoms with van der Waals surface area (Å²) in [4.78, 5) is 9.04. The third kappa shape index (κ3) is 6.47. The third-order valence-electron chi connectivity index (χ3n) is 5.98. The number of hydrogen-bond acceptors (Lipinski definition) is 3. The second-order valence-electron chi connectivity index (χ2n) is 9.10. The van der Waals surface area contributed by atoms with Crippen molar-refractivity contribution in [3.05, 3.63) is 60.2 Å². The first-order valence-corrected chi connectivity index (χ1v) is 11.5. The van der Waals surface area contributed by atoms with Gasteiger partial charge in [0.2, 0.25) is 0 Å². The van der Waals surface area contributed by atoms with E-state index in [2.05, 4.69) is 9.97 Å². The van der Waals surface area contributed by atoms with E-state index in [1.807, 2.05) is 0 Å². The minimum atomic E-state index is -8.63. The van der Waals surface area contributed by atoms with Crippen LogP contribution in [-0.2, 0) is 13.1 Å². The standard InChI is InChI=1S/C23H18F17N3/c24-16(25,8-5-11-43(12-14-6-1-3-9-41-14)13-15-7-2-4-10-42-15)17(26,27)18(28,29)19(30,31)20(32,33)21(34,35)22(36,37)23(38,39)40/h1-4,6-7,9-10H,5,8,11-13H2. The summed E-state index contributed by atoms with van der Waals surface area (Å²) in [5.74, 6) is -56.3. The van der Waals surface area contributed by atoms with Crippen LogP contribution in [0.4, 0.5) is 74.6 Å². The molecule has 0 spiro atoms. The number of nitrogens with zero attached hydrogens (tertiary/aromatic N) is 3. The highest BCUT2D eigenvalue weighted by Crippen LogP contribution is 2.64. The molecule has 0 amide bonds. The number of halogens is 17. The van der Waals surface area contributed by atoms with Crippen LogP contribution >= 0.6 is 0 Å². The molecule has 2 aromatic rings. The van der Waals surface area contributed by atoms with E-state index in [0.717, 1.165) is 0 Å². The van der Waals surface area contributed by atoms with Crippen LogP contribution in [0.3, 0.4) is 0 Å². The Morgan fingerprint density at radius 3 is 1.21 bits per heavy atom. The predicted octanol–water partition coefficient (Wildman–Crippen LogP) is 8.27. The highest BCUT2D eigenvalue weighted by Gasteiger charge is 2.95. The lowest BCUT2D eigenvalue weighted by molar-refractivity contribution is -0.461. The van der Waals surface area contributed by atoms with Crippen LogP contribution in [0.2, 0.25) is 0 Å². The number of aromatic nitrogens is 2. The molecule has 0 saturated heterocycles. The second kappa shape index (κ2) is 11.9. The Morgan fingerprint density at radius 1 is 0.488 bits per heavy atom. The molecule has 0 atom stereocenters. The van der Waals surface area contributed by atoms with Gasteiger partial charge in [-0.25, -0.2) is 0 Å². The fourth-order valence-electron chi connectivity index (χ4n) is 3.53. The van der Waals surface area contributed by atoms with Gasteiger partial charge in [0.1, 0.15) is 0 Å². The molecule has 43 heavy (non-hydrogen) atoms. The molecule has 0 bridgehead atoms. The molecule has 0 fully saturated rings. The number of rotatable bonds is 14. The van der Waals surface area contributed by atoms with Crippen molar-refractivity contribution < 1.29 is 74.6 Å². The highest BCUT2D eigenvalue weighted by molar-refractivity contribution is 5.15. The molecule has 0 aliphatic carbocycles. The maximum atomic E-state index is 14.3. The average Bonchev–Trinajstić information content (AvgIpc) is 2.88. The van der Waals surface area contributed by atoms with Gasteiger partial charge in [0.05, 0.1) is 11.4 Å². The molecule has 0 radical (unpaired) electrons. The fourth-order valence-corrected chi connectivity index (χ4v) is 3.53. The van der Waals surface area contributed by atoms with Gasteiger partial charge in [-0.3, -0.25) is 14.9 Å². The van der Waals surface area contributed by atoms with Crippen molar-refractivity contribution in [1.82, 2.24) is 14.9 Å². The summed E-state index contributed by atoms with van der Waals surface area (Å²) in [6.07, 6.45) is -8.95. The minimum Gasteiger partial charge on any atom is -0.292 e. The van der Waals surface area contributed by atoms with Gasteiger partial charge in [0, 0.05) is 31.9 Å². The zero-order valence-corrected chi connectivity index (χ0v) is 20.9. The van der Waals surface area contributed by atoms with Crippen LogP contribution in [0.15, 0.2) is 48.8 Å². The van der Waals surface area contributed by atoms with Gasteiger partial charge in [0.15, 0.2) is 0 Å². The molecule has 244 valence electrons. The number of hydrogen-bond donors (Lipinski definition) is 0. The summed E-state index contributed by atoms with van der Waals surface area (Å²) >= 11 is 0. The van der Waals surface area contributed by atoms with Crippen molar-refractivity contribution in [2.75, 3.05) is 6.54 Å². The maximum absolute atomic E-state index is 14.3. The van der Waals surface area contributed by atoms with Crippen molar-refractivity contribution in [2.24, 2.45) is 0 Å². The van der Waals surface area contributed by atoms with E-state index < -0.39 is 67.0 Å². The first-order chi connectivity index (χ1) is 19.3. The Balaban J connectivity index is 2.32. The van der Waals surface area contributed by atoms with Crippen molar-refractivity contribution in [3.63, 3.8) is 0 Å². The monoisotopic (exact) mass is 659 g/mol. The van der Waals surface area contributed by atoms with E-state index in [-0.39, 0.29) is 24.5 Å².